The second kappa shape index (κ2) is 11.0. The second-order valence-electron chi connectivity index (χ2n) is 6.22. The van der Waals surface area contributed by atoms with Gasteiger partial charge in [0.25, 0.3) is 5.91 Å². The van der Waals surface area contributed by atoms with E-state index in [9.17, 15) is 13.2 Å². The molecule has 0 aliphatic heterocycles. The van der Waals surface area contributed by atoms with Gasteiger partial charge in [0.1, 0.15) is 5.75 Å². The highest BCUT2D eigenvalue weighted by Gasteiger charge is 2.16. The molecule has 0 unspecified atom stereocenters. The zero-order valence-corrected chi connectivity index (χ0v) is 17.4. The first-order valence-corrected chi connectivity index (χ1v) is 11.0. The Labute approximate surface area is 171 Å². The van der Waals surface area contributed by atoms with Crippen LogP contribution >= 0.6 is 11.6 Å². The summed E-state index contributed by atoms with van der Waals surface area (Å²) in [4.78, 5) is 12.0. The molecule has 2 rings (SSSR count). The van der Waals surface area contributed by atoms with Gasteiger partial charge in [-0.2, -0.15) is 0 Å². The van der Waals surface area contributed by atoms with Crippen molar-refractivity contribution in [3.63, 3.8) is 0 Å². The van der Waals surface area contributed by atoms with E-state index in [2.05, 4.69) is 10.0 Å². The van der Waals surface area contributed by atoms with Crippen molar-refractivity contribution < 1.29 is 17.9 Å². The van der Waals surface area contributed by atoms with Crippen LogP contribution in [0, 0.1) is 0 Å². The number of carbonyl (C=O) groups is 1. The smallest absolute Gasteiger partial charge is 0.257 e. The van der Waals surface area contributed by atoms with Crippen LogP contribution in [0.2, 0.25) is 5.02 Å². The number of hydrogen-bond acceptors (Lipinski definition) is 4. The zero-order valence-electron chi connectivity index (χ0n) is 15.8. The Morgan fingerprint density at radius 2 is 1.86 bits per heavy atom. The molecular weight excluding hydrogens is 400 g/mol. The van der Waals surface area contributed by atoms with Crippen LogP contribution in [0.1, 0.15) is 25.3 Å². The normalized spacial score (nSPS) is 11.2. The molecule has 0 saturated carbocycles. The molecule has 0 heterocycles. The van der Waals surface area contributed by atoms with Crippen molar-refractivity contribution in [2.45, 2.75) is 31.1 Å². The molecule has 2 N–H and O–H groups in total. The summed E-state index contributed by atoms with van der Waals surface area (Å²) < 4.78 is 32.3. The van der Waals surface area contributed by atoms with E-state index >= 15 is 0 Å². The number of nitrogens with one attached hydrogen (secondary N) is 2. The zero-order chi connectivity index (χ0) is 20.4. The topological polar surface area (TPSA) is 84.5 Å². The number of ether oxygens (including phenoxy) is 1. The summed E-state index contributed by atoms with van der Waals surface area (Å²) in [6.45, 7) is 2.66. The fourth-order valence-electron chi connectivity index (χ4n) is 2.42. The molecule has 0 bridgehead atoms. The summed E-state index contributed by atoms with van der Waals surface area (Å²) in [6.07, 6.45) is 2.38. The molecule has 0 spiro atoms. The summed E-state index contributed by atoms with van der Waals surface area (Å²) >= 11 is 6.12. The lowest BCUT2D eigenvalue weighted by Crippen LogP contribution is -2.30. The number of sulfonamides is 1. The number of halogens is 1. The summed E-state index contributed by atoms with van der Waals surface area (Å²) in [5, 5.41) is 2.91. The fourth-order valence-corrected chi connectivity index (χ4v) is 3.82. The van der Waals surface area contributed by atoms with Crippen LogP contribution in [0.3, 0.4) is 0 Å². The van der Waals surface area contributed by atoms with Gasteiger partial charge in [0, 0.05) is 13.1 Å². The maximum Gasteiger partial charge on any atom is 0.257 e. The Bertz CT molecular complexity index is 873. The Balaban J connectivity index is 1.83. The van der Waals surface area contributed by atoms with E-state index in [4.69, 9.17) is 16.3 Å². The van der Waals surface area contributed by atoms with E-state index in [0.29, 0.717) is 13.1 Å². The van der Waals surface area contributed by atoms with Crippen molar-refractivity contribution in [1.82, 2.24) is 10.0 Å². The second-order valence-corrected chi connectivity index (χ2v) is 8.39. The number of unbranched alkanes of at least 4 members (excludes halogenated alkanes) is 1. The predicted octanol–water partition coefficient (Wildman–Crippen LogP) is 3.16. The maximum absolute atomic E-state index is 12.2. The molecule has 0 aromatic heterocycles. The van der Waals surface area contributed by atoms with Crippen molar-refractivity contribution in [3.05, 3.63) is 59.1 Å². The molecule has 2 aromatic rings. The number of hydrogen-bond donors (Lipinski definition) is 2. The van der Waals surface area contributed by atoms with Crippen LogP contribution in [0.4, 0.5) is 0 Å². The Morgan fingerprint density at radius 1 is 1.11 bits per heavy atom. The number of benzene rings is 2. The van der Waals surface area contributed by atoms with Crippen LogP contribution in [0.25, 0.3) is 0 Å². The predicted molar refractivity (Wildman–Crippen MR) is 110 cm³/mol. The van der Waals surface area contributed by atoms with Gasteiger partial charge in [0.2, 0.25) is 10.0 Å². The summed E-state index contributed by atoms with van der Waals surface area (Å²) in [6, 6.07) is 14.0. The third-order valence-corrected chi connectivity index (χ3v) is 5.73. The van der Waals surface area contributed by atoms with E-state index in [1.165, 1.54) is 18.2 Å². The van der Waals surface area contributed by atoms with Crippen molar-refractivity contribution in [2.75, 3.05) is 19.7 Å². The van der Waals surface area contributed by atoms with Crippen molar-refractivity contribution >= 4 is 27.5 Å². The monoisotopic (exact) mass is 424 g/mol. The lowest BCUT2D eigenvalue weighted by Gasteiger charge is -2.11. The molecule has 8 heteroatoms. The Hall–Kier alpha value is -2.09. The summed E-state index contributed by atoms with van der Waals surface area (Å²) in [7, 11) is -3.61. The Kier molecular flexibility index (Phi) is 8.76. The standard InChI is InChI=1S/C20H25ClN2O4S/c1-2-3-12-23-28(25,26)17-9-10-19(18(21)14-17)27-15-20(24)22-13-11-16-7-5-4-6-8-16/h4-10,14,23H,2-3,11-13,15H2,1H3,(H,22,24). The fraction of sp³-hybridized carbons (Fsp3) is 0.350. The number of carbonyl (C=O) groups excluding carboxylic acids is 1. The van der Waals surface area contributed by atoms with E-state index in [1.54, 1.807) is 0 Å². The third kappa shape index (κ3) is 7.14. The molecule has 6 nitrogen and oxygen atoms in total. The minimum Gasteiger partial charge on any atom is -0.482 e. The van der Waals surface area contributed by atoms with E-state index in [0.717, 1.165) is 24.8 Å². The summed E-state index contributed by atoms with van der Waals surface area (Å²) in [5.41, 5.74) is 1.14. The molecule has 0 radical (unpaired) electrons. The molecule has 0 aliphatic rings. The van der Waals surface area contributed by atoms with Gasteiger partial charge in [0.15, 0.2) is 6.61 Å². The molecular formula is C20H25ClN2O4S. The van der Waals surface area contributed by atoms with Crippen LogP contribution in [-0.4, -0.2) is 34.0 Å². The molecule has 0 saturated heterocycles. The van der Waals surface area contributed by atoms with Crippen molar-refractivity contribution in [2.24, 2.45) is 0 Å². The molecule has 0 aliphatic carbocycles. The molecule has 1 amide bonds. The van der Waals surface area contributed by atoms with E-state index < -0.39 is 10.0 Å². The Morgan fingerprint density at radius 3 is 2.54 bits per heavy atom. The van der Waals surface area contributed by atoms with Crippen LogP contribution < -0.4 is 14.8 Å². The minimum absolute atomic E-state index is 0.0632. The highest BCUT2D eigenvalue weighted by atomic mass is 35.5. The number of amides is 1. The van der Waals surface area contributed by atoms with Crippen LogP contribution in [-0.2, 0) is 21.2 Å². The molecule has 152 valence electrons. The average molecular weight is 425 g/mol. The highest BCUT2D eigenvalue weighted by Crippen LogP contribution is 2.27. The molecule has 2 aromatic carbocycles. The first-order chi connectivity index (χ1) is 13.4. The van der Waals surface area contributed by atoms with Gasteiger partial charge in [0.05, 0.1) is 9.92 Å². The largest absolute Gasteiger partial charge is 0.482 e. The van der Waals surface area contributed by atoms with Crippen LogP contribution in [0.5, 0.6) is 5.75 Å². The third-order valence-electron chi connectivity index (χ3n) is 3.97. The lowest BCUT2D eigenvalue weighted by atomic mass is 10.1. The van der Waals surface area contributed by atoms with Crippen LogP contribution in [0.15, 0.2) is 53.4 Å². The average Bonchev–Trinajstić information content (AvgIpc) is 2.68. The van der Waals surface area contributed by atoms with Crippen molar-refractivity contribution in [3.8, 4) is 5.75 Å². The van der Waals surface area contributed by atoms with Gasteiger partial charge in [-0.3, -0.25) is 4.79 Å². The van der Waals surface area contributed by atoms with Gasteiger partial charge >= 0.3 is 0 Å². The maximum atomic E-state index is 12.2. The summed E-state index contributed by atoms with van der Waals surface area (Å²) in [5.74, 6) is -0.0164. The minimum atomic E-state index is -3.61. The first-order valence-electron chi connectivity index (χ1n) is 9.15. The molecule has 0 atom stereocenters. The first kappa shape index (κ1) is 22.2. The lowest BCUT2D eigenvalue weighted by molar-refractivity contribution is -0.123. The molecule has 0 fully saturated rings. The quantitative estimate of drug-likeness (QED) is 0.542. The van der Waals surface area contributed by atoms with Gasteiger partial charge < -0.3 is 10.1 Å². The number of rotatable bonds is 11. The SMILES string of the molecule is CCCCNS(=O)(=O)c1ccc(OCC(=O)NCCc2ccccc2)c(Cl)c1. The van der Waals surface area contributed by atoms with Gasteiger partial charge in [-0.15, -0.1) is 0 Å². The van der Waals surface area contributed by atoms with E-state index in [1.807, 2.05) is 37.3 Å². The van der Waals surface area contributed by atoms with Gasteiger partial charge in [-0.1, -0.05) is 55.3 Å². The van der Waals surface area contributed by atoms with E-state index in [-0.39, 0.29) is 28.2 Å². The van der Waals surface area contributed by atoms with Gasteiger partial charge in [-0.25, -0.2) is 13.1 Å². The molecule has 28 heavy (non-hydrogen) atoms. The van der Waals surface area contributed by atoms with Crippen molar-refractivity contribution in [1.29, 1.82) is 0 Å². The highest BCUT2D eigenvalue weighted by molar-refractivity contribution is 7.89. The van der Waals surface area contributed by atoms with Gasteiger partial charge in [-0.05, 0) is 36.6 Å².